The van der Waals surface area contributed by atoms with Gasteiger partial charge in [0.1, 0.15) is 0 Å². The third-order valence-electron chi connectivity index (χ3n) is 5.23. The lowest BCUT2D eigenvalue weighted by Gasteiger charge is -2.32. The van der Waals surface area contributed by atoms with E-state index < -0.39 is 0 Å². The van der Waals surface area contributed by atoms with Gasteiger partial charge in [-0.2, -0.15) is 0 Å². The maximum atomic E-state index is 6.16. The van der Waals surface area contributed by atoms with E-state index >= 15 is 0 Å². The lowest BCUT2D eigenvalue weighted by Crippen LogP contribution is -2.41. The Morgan fingerprint density at radius 3 is 2.38 bits per heavy atom. The lowest BCUT2D eigenvalue weighted by atomic mass is 9.78. The van der Waals surface area contributed by atoms with Crippen molar-refractivity contribution in [1.29, 1.82) is 0 Å². The van der Waals surface area contributed by atoms with Crippen LogP contribution in [0.3, 0.4) is 0 Å². The minimum Gasteiger partial charge on any atom is -0.399 e. The number of rotatable bonds is 1. The average molecular weight is 287 g/mol. The molecule has 0 aliphatic carbocycles. The van der Waals surface area contributed by atoms with E-state index in [-0.39, 0.29) is 18.3 Å². The molecule has 4 heteroatoms. The Hall–Kier alpha value is -0.995. The standard InChI is InChI=1S/C17H26BNO2/c1-16(2)17(3,4)21-18(20-16)14-9-10-15-13(12-14)8-6-7-11-19(15)5/h9-10,12H,6-8,11H2,1-5H3. The molecule has 1 aromatic carbocycles. The first-order valence-corrected chi connectivity index (χ1v) is 8.00. The van der Waals surface area contributed by atoms with Gasteiger partial charge in [0.2, 0.25) is 0 Å². The van der Waals surface area contributed by atoms with Crippen LogP contribution in [0.2, 0.25) is 0 Å². The van der Waals surface area contributed by atoms with Crippen LogP contribution in [0.1, 0.15) is 46.1 Å². The Balaban J connectivity index is 1.90. The zero-order chi connectivity index (χ0) is 15.3. The number of hydrogen-bond donors (Lipinski definition) is 0. The van der Waals surface area contributed by atoms with Gasteiger partial charge in [0.15, 0.2) is 0 Å². The number of hydrogen-bond acceptors (Lipinski definition) is 3. The highest BCUT2D eigenvalue weighted by Crippen LogP contribution is 2.36. The van der Waals surface area contributed by atoms with Gasteiger partial charge >= 0.3 is 7.12 Å². The second-order valence-electron chi connectivity index (χ2n) is 7.36. The second kappa shape index (κ2) is 5.03. The van der Waals surface area contributed by atoms with Crippen LogP contribution in [0.4, 0.5) is 5.69 Å². The molecule has 0 N–H and O–H groups in total. The first kappa shape index (κ1) is 14.9. The Labute approximate surface area is 128 Å². The van der Waals surface area contributed by atoms with Gasteiger partial charge in [0.05, 0.1) is 11.2 Å². The summed E-state index contributed by atoms with van der Waals surface area (Å²) in [5.74, 6) is 0. The van der Waals surface area contributed by atoms with Gasteiger partial charge < -0.3 is 14.2 Å². The first-order valence-electron chi connectivity index (χ1n) is 8.00. The molecule has 0 unspecified atom stereocenters. The van der Waals surface area contributed by atoms with Crippen molar-refractivity contribution < 1.29 is 9.31 Å². The third kappa shape index (κ3) is 2.60. The predicted octanol–water partition coefficient (Wildman–Crippen LogP) is 2.76. The van der Waals surface area contributed by atoms with Gasteiger partial charge in [0, 0.05) is 19.3 Å². The summed E-state index contributed by atoms with van der Waals surface area (Å²) in [6.07, 6.45) is 3.66. The number of fused-ring (bicyclic) bond motifs is 1. The summed E-state index contributed by atoms with van der Waals surface area (Å²) in [5.41, 5.74) is 3.36. The molecule has 0 amide bonds. The fraction of sp³-hybridized carbons (Fsp3) is 0.647. The van der Waals surface area contributed by atoms with Gasteiger partial charge in [-0.3, -0.25) is 0 Å². The van der Waals surface area contributed by atoms with Crippen molar-refractivity contribution in [3.63, 3.8) is 0 Å². The fourth-order valence-electron chi connectivity index (χ4n) is 3.09. The predicted molar refractivity (Wildman–Crippen MR) is 88.4 cm³/mol. The van der Waals surface area contributed by atoms with Crippen LogP contribution in [-0.2, 0) is 15.7 Å². The Kier molecular flexibility index (Phi) is 3.57. The molecule has 2 heterocycles. The van der Waals surface area contributed by atoms with E-state index in [1.807, 2.05) is 0 Å². The summed E-state index contributed by atoms with van der Waals surface area (Å²) in [7, 11) is 1.92. The molecule has 2 aliphatic heterocycles. The molecule has 3 nitrogen and oxygen atoms in total. The highest BCUT2D eigenvalue weighted by Gasteiger charge is 2.51. The molecule has 0 spiro atoms. The molecule has 3 rings (SSSR count). The van der Waals surface area contributed by atoms with Gasteiger partial charge in [-0.15, -0.1) is 0 Å². The Bertz CT molecular complexity index is 526. The number of benzene rings is 1. The molecule has 0 bridgehead atoms. The van der Waals surface area contributed by atoms with Gasteiger partial charge in [0.25, 0.3) is 0 Å². The maximum Gasteiger partial charge on any atom is 0.494 e. The summed E-state index contributed by atoms with van der Waals surface area (Å²) in [6.45, 7) is 9.55. The summed E-state index contributed by atoms with van der Waals surface area (Å²) >= 11 is 0. The number of anilines is 1. The van der Waals surface area contributed by atoms with Gasteiger partial charge in [-0.05, 0) is 64.1 Å². The van der Waals surface area contributed by atoms with E-state index in [4.69, 9.17) is 9.31 Å². The molecular formula is C17H26BNO2. The van der Waals surface area contributed by atoms with Crippen LogP contribution < -0.4 is 10.4 Å². The van der Waals surface area contributed by atoms with E-state index in [1.54, 1.807) is 0 Å². The maximum absolute atomic E-state index is 6.16. The molecule has 1 saturated heterocycles. The first-order chi connectivity index (χ1) is 9.80. The molecule has 0 saturated carbocycles. The van der Waals surface area contributed by atoms with Crippen molar-refractivity contribution in [1.82, 2.24) is 0 Å². The zero-order valence-electron chi connectivity index (χ0n) is 13.9. The van der Waals surface area contributed by atoms with Crippen molar-refractivity contribution >= 4 is 18.3 Å². The molecule has 21 heavy (non-hydrogen) atoms. The Morgan fingerprint density at radius 2 is 1.71 bits per heavy atom. The van der Waals surface area contributed by atoms with E-state index in [2.05, 4.69) is 57.8 Å². The van der Waals surface area contributed by atoms with Crippen molar-refractivity contribution in [3.05, 3.63) is 23.8 Å². The fourth-order valence-corrected chi connectivity index (χ4v) is 3.09. The minimum atomic E-state index is -0.277. The van der Waals surface area contributed by atoms with E-state index in [0.29, 0.717) is 0 Å². The van der Waals surface area contributed by atoms with Gasteiger partial charge in [-0.1, -0.05) is 12.1 Å². The molecule has 1 fully saturated rings. The van der Waals surface area contributed by atoms with Crippen molar-refractivity contribution in [2.45, 2.75) is 58.2 Å². The molecule has 1 aromatic rings. The molecular weight excluding hydrogens is 261 g/mol. The molecule has 2 aliphatic rings. The molecule has 0 aromatic heterocycles. The quantitative estimate of drug-likeness (QED) is 0.741. The van der Waals surface area contributed by atoms with Gasteiger partial charge in [-0.25, -0.2) is 0 Å². The van der Waals surface area contributed by atoms with E-state index in [0.717, 1.165) is 18.4 Å². The minimum absolute atomic E-state index is 0.256. The normalized spacial score (nSPS) is 23.9. The van der Waals surface area contributed by atoms with E-state index in [9.17, 15) is 0 Å². The van der Waals surface area contributed by atoms with Crippen molar-refractivity contribution in [2.24, 2.45) is 0 Å². The van der Waals surface area contributed by atoms with Crippen LogP contribution in [0.15, 0.2) is 18.2 Å². The third-order valence-corrected chi connectivity index (χ3v) is 5.23. The zero-order valence-corrected chi connectivity index (χ0v) is 13.9. The van der Waals surface area contributed by atoms with Crippen LogP contribution >= 0.6 is 0 Å². The van der Waals surface area contributed by atoms with Crippen molar-refractivity contribution in [2.75, 3.05) is 18.5 Å². The topological polar surface area (TPSA) is 21.7 Å². The number of nitrogens with zero attached hydrogens (tertiary/aromatic N) is 1. The van der Waals surface area contributed by atoms with Crippen LogP contribution in [0.5, 0.6) is 0 Å². The second-order valence-corrected chi connectivity index (χ2v) is 7.36. The monoisotopic (exact) mass is 287 g/mol. The molecule has 114 valence electrons. The summed E-state index contributed by atoms with van der Waals surface area (Å²) in [5, 5.41) is 0. The summed E-state index contributed by atoms with van der Waals surface area (Å²) in [4.78, 5) is 2.36. The highest BCUT2D eigenvalue weighted by molar-refractivity contribution is 6.62. The molecule has 0 atom stereocenters. The van der Waals surface area contributed by atoms with Crippen LogP contribution in [0, 0.1) is 0 Å². The summed E-state index contributed by atoms with van der Waals surface area (Å²) < 4.78 is 12.3. The van der Waals surface area contributed by atoms with Crippen molar-refractivity contribution in [3.8, 4) is 0 Å². The largest absolute Gasteiger partial charge is 0.494 e. The van der Waals surface area contributed by atoms with E-state index in [1.165, 1.54) is 24.1 Å². The molecule has 0 radical (unpaired) electrons. The number of aryl methyl sites for hydroxylation is 1. The SMILES string of the molecule is CN1CCCCc2cc(B3OC(C)(C)C(C)(C)O3)ccc21. The lowest BCUT2D eigenvalue weighted by molar-refractivity contribution is 0.00578. The highest BCUT2D eigenvalue weighted by atomic mass is 16.7. The Morgan fingerprint density at radius 1 is 1.05 bits per heavy atom. The summed E-state index contributed by atoms with van der Waals surface area (Å²) in [6, 6.07) is 6.66. The van der Waals surface area contributed by atoms with Crippen LogP contribution in [0.25, 0.3) is 0 Å². The smallest absolute Gasteiger partial charge is 0.399 e. The van der Waals surface area contributed by atoms with Crippen LogP contribution in [-0.4, -0.2) is 31.9 Å². The average Bonchev–Trinajstić information content (AvgIpc) is 2.54.